The van der Waals surface area contributed by atoms with E-state index >= 15 is 0 Å². The Labute approximate surface area is 155 Å². The van der Waals surface area contributed by atoms with Crippen LogP contribution in [0.25, 0.3) is 0 Å². The Morgan fingerprint density at radius 3 is 2.62 bits per heavy atom. The Kier molecular flexibility index (Phi) is 5.05. The highest BCUT2D eigenvalue weighted by Gasteiger charge is 2.37. The van der Waals surface area contributed by atoms with Crippen molar-refractivity contribution in [3.8, 4) is 0 Å². The van der Waals surface area contributed by atoms with Gasteiger partial charge in [-0.1, -0.05) is 48.0 Å². The molecule has 136 valence electrons. The number of piperidine rings is 1. The number of hydrogen-bond acceptors (Lipinski definition) is 3. The molecule has 0 aromatic heterocycles. The molecule has 1 amide bonds. The van der Waals surface area contributed by atoms with Gasteiger partial charge in [-0.2, -0.15) is 0 Å². The fourth-order valence-corrected chi connectivity index (χ4v) is 4.35. The minimum atomic E-state index is 0.160. The highest BCUT2D eigenvalue weighted by atomic mass is 16.2. The summed E-state index contributed by atoms with van der Waals surface area (Å²) in [5.74, 6) is 1.08. The van der Waals surface area contributed by atoms with Crippen molar-refractivity contribution in [3.05, 3.63) is 71.3 Å². The number of nitrogens with one attached hydrogen (secondary N) is 2. The molecule has 2 aromatic carbocycles. The maximum absolute atomic E-state index is 12.8. The molecule has 0 bridgehead atoms. The number of carbonyl (C=O) groups is 1. The molecule has 26 heavy (non-hydrogen) atoms. The Morgan fingerprint density at radius 2 is 1.85 bits per heavy atom. The van der Waals surface area contributed by atoms with Gasteiger partial charge in [0.2, 0.25) is 0 Å². The van der Waals surface area contributed by atoms with Crippen LogP contribution in [0.2, 0.25) is 0 Å². The number of rotatable bonds is 3. The fraction of sp³-hybridized carbons (Fsp3) is 0.409. The molecule has 2 N–H and O–H groups in total. The van der Waals surface area contributed by atoms with Crippen LogP contribution < -0.4 is 10.9 Å². The smallest absolute Gasteiger partial charge is 0.253 e. The van der Waals surface area contributed by atoms with Gasteiger partial charge in [0, 0.05) is 37.2 Å². The summed E-state index contributed by atoms with van der Waals surface area (Å²) in [5, 5.41) is 0. The second-order valence-corrected chi connectivity index (χ2v) is 7.59. The average Bonchev–Trinajstić information content (AvgIpc) is 3.19. The summed E-state index contributed by atoms with van der Waals surface area (Å²) in [5.41, 5.74) is 10.3. The van der Waals surface area contributed by atoms with E-state index in [2.05, 4.69) is 42.0 Å². The number of carbonyl (C=O) groups excluding carboxylic acids is 1. The molecule has 0 radical (unpaired) electrons. The Bertz CT molecular complexity index is 744. The van der Waals surface area contributed by atoms with E-state index in [0.29, 0.717) is 17.9 Å². The molecule has 0 aliphatic carbocycles. The van der Waals surface area contributed by atoms with Crippen molar-refractivity contribution >= 4 is 5.91 Å². The van der Waals surface area contributed by atoms with E-state index in [1.165, 1.54) is 17.5 Å². The second kappa shape index (κ2) is 7.60. The molecule has 2 saturated heterocycles. The maximum Gasteiger partial charge on any atom is 0.253 e. The first-order valence-corrected chi connectivity index (χ1v) is 9.61. The van der Waals surface area contributed by atoms with Gasteiger partial charge in [0.05, 0.1) is 0 Å². The molecule has 2 aliphatic heterocycles. The molecule has 3 atom stereocenters. The highest BCUT2D eigenvalue weighted by molar-refractivity contribution is 5.94. The minimum Gasteiger partial charge on any atom is -0.338 e. The van der Waals surface area contributed by atoms with Crippen molar-refractivity contribution in [2.45, 2.75) is 31.7 Å². The summed E-state index contributed by atoms with van der Waals surface area (Å²) in [7, 11) is 0. The van der Waals surface area contributed by atoms with Crippen LogP contribution in [0, 0.1) is 12.8 Å². The lowest BCUT2D eigenvalue weighted by Gasteiger charge is -2.37. The first-order chi connectivity index (χ1) is 12.7. The zero-order valence-corrected chi connectivity index (χ0v) is 15.3. The largest absolute Gasteiger partial charge is 0.338 e. The van der Waals surface area contributed by atoms with E-state index in [9.17, 15) is 4.79 Å². The zero-order chi connectivity index (χ0) is 17.9. The van der Waals surface area contributed by atoms with Crippen LogP contribution in [0.4, 0.5) is 0 Å². The monoisotopic (exact) mass is 349 g/mol. The molecular formula is C22H27N3O. The van der Waals surface area contributed by atoms with Crippen molar-refractivity contribution in [3.63, 3.8) is 0 Å². The van der Waals surface area contributed by atoms with Crippen LogP contribution >= 0.6 is 0 Å². The Hall–Kier alpha value is -2.17. The predicted octanol–water partition coefficient (Wildman–Crippen LogP) is 3.11. The number of hydrazine groups is 1. The quantitative estimate of drug-likeness (QED) is 0.895. The van der Waals surface area contributed by atoms with Crippen molar-refractivity contribution in [1.29, 1.82) is 0 Å². The molecule has 2 heterocycles. The third kappa shape index (κ3) is 3.53. The number of amides is 1. The van der Waals surface area contributed by atoms with Crippen LogP contribution in [0.5, 0.6) is 0 Å². The molecule has 2 fully saturated rings. The fourth-order valence-electron chi connectivity index (χ4n) is 4.35. The summed E-state index contributed by atoms with van der Waals surface area (Å²) in [6.07, 6.45) is 2.24. The lowest BCUT2D eigenvalue weighted by atomic mass is 9.81. The molecule has 4 rings (SSSR count). The molecule has 2 aliphatic rings. The van der Waals surface area contributed by atoms with E-state index in [0.717, 1.165) is 31.6 Å². The number of benzene rings is 2. The molecule has 0 saturated carbocycles. The van der Waals surface area contributed by atoms with Gasteiger partial charge >= 0.3 is 0 Å². The topological polar surface area (TPSA) is 44.4 Å². The highest BCUT2D eigenvalue weighted by Crippen LogP contribution is 2.32. The van der Waals surface area contributed by atoms with Gasteiger partial charge in [-0.05, 0) is 43.4 Å². The van der Waals surface area contributed by atoms with Gasteiger partial charge in [-0.3, -0.25) is 15.6 Å². The summed E-state index contributed by atoms with van der Waals surface area (Å²) in [6.45, 7) is 4.76. The molecule has 3 unspecified atom stereocenters. The van der Waals surface area contributed by atoms with E-state index in [1.807, 2.05) is 35.2 Å². The van der Waals surface area contributed by atoms with E-state index in [4.69, 9.17) is 0 Å². The van der Waals surface area contributed by atoms with Crippen LogP contribution in [0.1, 0.15) is 40.2 Å². The Morgan fingerprint density at radius 1 is 1.08 bits per heavy atom. The normalized spacial score (nSPS) is 26.0. The number of aryl methyl sites for hydroxylation is 1. The lowest BCUT2D eigenvalue weighted by Crippen LogP contribution is -2.48. The van der Waals surface area contributed by atoms with Gasteiger partial charge in [0.1, 0.15) is 0 Å². The SMILES string of the molecule is Cc1ccc(C2CNNC2C2CCCN(C(=O)c3ccccc3)C2)cc1. The first kappa shape index (κ1) is 17.3. The van der Waals surface area contributed by atoms with Gasteiger partial charge < -0.3 is 4.90 Å². The van der Waals surface area contributed by atoms with Gasteiger partial charge in [-0.25, -0.2) is 0 Å². The van der Waals surface area contributed by atoms with Crippen molar-refractivity contribution in [2.75, 3.05) is 19.6 Å². The average molecular weight is 349 g/mol. The first-order valence-electron chi connectivity index (χ1n) is 9.61. The van der Waals surface area contributed by atoms with Crippen LogP contribution in [0.3, 0.4) is 0 Å². The zero-order valence-electron chi connectivity index (χ0n) is 15.3. The van der Waals surface area contributed by atoms with Gasteiger partial charge in [0.25, 0.3) is 5.91 Å². The van der Waals surface area contributed by atoms with E-state index in [-0.39, 0.29) is 5.91 Å². The number of likely N-dealkylation sites (tertiary alicyclic amines) is 1. The van der Waals surface area contributed by atoms with Crippen molar-refractivity contribution in [2.24, 2.45) is 5.92 Å². The maximum atomic E-state index is 12.8. The van der Waals surface area contributed by atoms with Crippen LogP contribution in [-0.4, -0.2) is 36.5 Å². The van der Waals surface area contributed by atoms with E-state index < -0.39 is 0 Å². The molecular weight excluding hydrogens is 322 g/mol. The second-order valence-electron chi connectivity index (χ2n) is 7.59. The predicted molar refractivity (Wildman–Crippen MR) is 104 cm³/mol. The van der Waals surface area contributed by atoms with Crippen LogP contribution in [-0.2, 0) is 0 Å². The lowest BCUT2D eigenvalue weighted by molar-refractivity contribution is 0.0644. The number of nitrogens with zero attached hydrogens (tertiary/aromatic N) is 1. The minimum absolute atomic E-state index is 0.160. The van der Waals surface area contributed by atoms with Crippen molar-refractivity contribution < 1.29 is 4.79 Å². The summed E-state index contributed by atoms with van der Waals surface area (Å²) >= 11 is 0. The summed E-state index contributed by atoms with van der Waals surface area (Å²) in [4.78, 5) is 14.9. The van der Waals surface area contributed by atoms with Crippen molar-refractivity contribution in [1.82, 2.24) is 15.8 Å². The number of hydrogen-bond donors (Lipinski definition) is 2. The van der Waals surface area contributed by atoms with E-state index in [1.54, 1.807) is 0 Å². The molecule has 4 heteroatoms. The van der Waals surface area contributed by atoms with Gasteiger partial charge in [-0.15, -0.1) is 0 Å². The summed E-state index contributed by atoms with van der Waals surface area (Å²) in [6, 6.07) is 18.9. The molecule has 2 aromatic rings. The van der Waals surface area contributed by atoms with Gasteiger partial charge in [0.15, 0.2) is 0 Å². The third-order valence-electron chi connectivity index (χ3n) is 5.80. The Balaban J connectivity index is 1.48. The van der Waals surface area contributed by atoms with Crippen LogP contribution in [0.15, 0.2) is 54.6 Å². The summed E-state index contributed by atoms with van der Waals surface area (Å²) < 4.78 is 0. The molecule has 4 nitrogen and oxygen atoms in total. The third-order valence-corrected chi connectivity index (χ3v) is 5.80. The molecule has 0 spiro atoms. The standard InChI is InChI=1S/C22H27N3O/c1-16-9-11-17(12-10-16)20-14-23-24-21(20)19-8-5-13-25(15-19)22(26)18-6-3-2-4-7-18/h2-4,6-7,9-12,19-21,23-24H,5,8,13-15H2,1H3.